The van der Waals surface area contributed by atoms with Crippen LogP contribution in [0.1, 0.15) is 13.8 Å². The molecule has 1 rings (SSSR count). The zero-order chi connectivity index (χ0) is 9.19. The molecule has 2 nitrogen and oxygen atoms in total. The molecular formula is C9H13BO2. The third-order valence-electron chi connectivity index (χ3n) is 1.82. The predicted molar refractivity (Wildman–Crippen MR) is 50.3 cm³/mol. The lowest BCUT2D eigenvalue weighted by Crippen LogP contribution is -2.13. The monoisotopic (exact) mass is 164 g/mol. The van der Waals surface area contributed by atoms with Gasteiger partial charge in [-0.1, -0.05) is 44.2 Å². The summed E-state index contributed by atoms with van der Waals surface area (Å²) in [5.41, 5.74) is 0.518. The van der Waals surface area contributed by atoms with E-state index in [2.05, 4.69) is 13.8 Å². The average Bonchev–Trinajstić information content (AvgIpc) is 2.10. The Balaban J connectivity index is 2.86. The number of rotatable bonds is 1. The van der Waals surface area contributed by atoms with Crippen LogP contribution in [0.5, 0.6) is 0 Å². The molecule has 0 radical (unpaired) electrons. The van der Waals surface area contributed by atoms with E-state index >= 15 is 0 Å². The maximum atomic E-state index is 8.87. The van der Waals surface area contributed by atoms with Gasteiger partial charge in [-0.25, -0.2) is 0 Å². The molecule has 1 aliphatic rings. The van der Waals surface area contributed by atoms with Crippen LogP contribution in [0.2, 0.25) is 0 Å². The van der Waals surface area contributed by atoms with Gasteiger partial charge in [-0.15, -0.1) is 0 Å². The third kappa shape index (κ3) is 2.36. The molecule has 0 fully saturated rings. The molecule has 0 aromatic rings. The normalized spacial score (nSPS) is 20.2. The molecule has 0 atom stereocenters. The van der Waals surface area contributed by atoms with Gasteiger partial charge in [0.05, 0.1) is 0 Å². The summed E-state index contributed by atoms with van der Waals surface area (Å²) in [5.74, 6) is 0. The molecule has 0 saturated heterocycles. The number of hydrogen-bond acceptors (Lipinski definition) is 2. The minimum atomic E-state index is -1.38. The van der Waals surface area contributed by atoms with Crippen molar-refractivity contribution in [2.24, 2.45) is 5.41 Å². The summed E-state index contributed by atoms with van der Waals surface area (Å²) in [4.78, 5) is 0. The van der Waals surface area contributed by atoms with Crippen LogP contribution < -0.4 is 0 Å². The van der Waals surface area contributed by atoms with Crippen molar-refractivity contribution in [3.05, 3.63) is 35.9 Å². The molecule has 2 N–H and O–H groups in total. The van der Waals surface area contributed by atoms with E-state index in [1.165, 1.54) is 0 Å². The topological polar surface area (TPSA) is 40.5 Å². The van der Waals surface area contributed by atoms with Crippen LogP contribution in [0.4, 0.5) is 0 Å². The van der Waals surface area contributed by atoms with Crippen molar-refractivity contribution in [3.8, 4) is 0 Å². The first-order valence-electron chi connectivity index (χ1n) is 3.96. The van der Waals surface area contributed by atoms with Gasteiger partial charge in [-0.3, -0.25) is 0 Å². The van der Waals surface area contributed by atoms with Gasteiger partial charge in [-0.2, -0.15) is 0 Å². The van der Waals surface area contributed by atoms with Crippen LogP contribution in [0, 0.1) is 5.41 Å². The van der Waals surface area contributed by atoms with Crippen molar-refractivity contribution < 1.29 is 10.0 Å². The third-order valence-corrected chi connectivity index (χ3v) is 1.82. The van der Waals surface area contributed by atoms with E-state index in [0.717, 1.165) is 0 Å². The molecule has 0 unspecified atom stereocenters. The van der Waals surface area contributed by atoms with Crippen molar-refractivity contribution in [3.63, 3.8) is 0 Å². The molecule has 1 aliphatic carbocycles. The first-order chi connectivity index (χ1) is 5.51. The second-order valence-corrected chi connectivity index (χ2v) is 3.55. The fraction of sp³-hybridized carbons (Fsp3) is 0.333. The van der Waals surface area contributed by atoms with E-state index in [-0.39, 0.29) is 5.41 Å². The molecule has 12 heavy (non-hydrogen) atoms. The Kier molecular flexibility index (Phi) is 2.55. The summed E-state index contributed by atoms with van der Waals surface area (Å²) in [6, 6.07) is 0. The molecule has 0 bridgehead atoms. The van der Waals surface area contributed by atoms with Crippen molar-refractivity contribution in [2.45, 2.75) is 13.8 Å². The Morgan fingerprint density at radius 3 is 2.50 bits per heavy atom. The van der Waals surface area contributed by atoms with Crippen LogP contribution in [0.25, 0.3) is 0 Å². The van der Waals surface area contributed by atoms with Crippen LogP contribution in [0.3, 0.4) is 0 Å². The van der Waals surface area contributed by atoms with Crippen LogP contribution >= 0.6 is 0 Å². The summed E-state index contributed by atoms with van der Waals surface area (Å²) >= 11 is 0. The largest absolute Gasteiger partial charge is 0.488 e. The van der Waals surface area contributed by atoms with Crippen molar-refractivity contribution in [2.75, 3.05) is 0 Å². The standard InChI is InChI=1S/C9H13BO2/c1-9(2)6-3-4-8(5-7-9)10(11)12/h3-7,11-12H,1-2H3. The van der Waals surface area contributed by atoms with Gasteiger partial charge in [-0.05, 0) is 5.47 Å². The molecule has 64 valence electrons. The van der Waals surface area contributed by atoms with E-state index in [0.29, 0.717) is 5.47 Å². The highest BCUT2D eigenvalue weighted by Gasteiger charge is 2.15. The first-order valence-corrected chi connectivity index (χ1v) is 3.96. The van der Waals surface area contributed by atoms with Crippen LogP contribution in [-0.4, -0.2) is 17.2 Å². The van der Waals surface area contributed by atoms with Gasteiger partial charge >= 0.3 is 7.12 Å². The molecule has 0 spiro atoms. The van der Waals surface area contributed by atoms with Crippen molar-refractivity contribution >= 4 is 7.12 Å². The Morgan fingerprint density at radius 1 is 1.25 bits per heavy atom. The highest BCUT2D eigenvalue weighted by atomic mass is 16.4. The van der Waals surface area contributed by atoms with E-state index in [1.807, 2.05) is 18.2 Å². The van der Waals surface area contributed by atoms with Crippen LogP contribution in [0.15, 0.2) is 35.9 Å². The maximum Gasteiger partial charge on any atom is 0.488 e. The Labute approximate surface area is 73.1 Å². The molecule has 0 amide bonds. The zero-order valence-electron chi connectivity index (χ0n) is 7.36. The Hall–Kier alpha value is -0.795. The minimum Gasteiger partial charge on any atom is -0.423 e. The van der Waals surface area contributed by atoms with E-state index in [4.69, 9.17) is 10.0 Å². The molecule has 0 heterocycles. The van der Waals surface area contributed by atoms with Crippen LogP contribution in [-0.2, 0) is 0 Å². The molecule has 0 aromatic carbocycles. The molecule has 3 heteroatoms. The first kappa shape index (κ1) is 9.29. The van der Waals surface area contributed by atoms with Gasteiger partial charge in [0.2, 0.25) is 0 Å². The van der Waals surface area contributed by atoms with Gasteiger partial charge in [0.1, 0.15) is 0 Å². The van der Waals surface area contributed by atoms with E-state index < -0.39 is 7.12 Å². The molecule has 0 aromatic heterocycles. The van der Waals surface area contributed by atoms with Crippen molar-refractivity contribution in [1.29, 1.82) is 0 Å². The van der Waals surface area contributed by atoms with E-state index in [1.54, 1.807) is 12.2 Å². The quantitative estimate of drug-likeness (QED) is 0.569. The summed E-state index contributed by atoms with van der Waals surface area (Å²) < 4.78 is 0. The summed E-state index contributed by atoms with van der Waals surface area (Å²) in [6.07, 6.45) is 9.25. The number of hydrogen-bond donors (Lipinski definition) is 2. The Morgan fingerprint density at radius 2 is 1.92 bits per heavy atom. The number of allylic oxidation sites excluding steroid dienone is 6. The molecule has 0 aliphatic heterocycles. The minimum absolute atomic E-state index is 0.00681. The fourth-order valence-corrected chi connectivity index (χ4v) is 1.00. The average molecular weight is 164 g/mol. The van der Waals surface area contributed by atoms with Gasteiger partial charge < -0.3 is 10.0 Å². The Bertz CT molecular complexity index is 249. The summed E-state index contributed by atoms with van der Waals surface area (Å²) in [5, 5.41) is 17.7. The molecular weight excluding hydrogens is 151 g/mol. The maximum absolute atomic E-state index is 8.87. The lowest BCUT2D eigenvalue weighted by Gasteiger charge is -2.12. The summed E-state index contributed by atoms with van der Waals surface area (Å²) in [6.45, 7) is 4.11. The second-order valence-electron chi connectivity index (χ2n) is 3.55. The zero-order valence-corrected chi connectivity index (χ0v) is 7.36. The SMILES string of the molecule is CC1(C)C=CC=C(B(O)O)C=C1. The van der Waals surface area contributed by atoms with Gasteiger partial charge in [0, 0.05) is 5.41 Å². The van der Waals surface area contributed by atoms with Gasteiger partial charge in [0.25, 0.3) is 0 Å². The highest BCUT2D eigenvalue weighted by Crippen LogP contribution is 2.22. The lowest BCUT2D eigenvalue weighted by atomic mass is 9.78. The lowest BCUT2D eigenvalue weighted by molar-refractivity contribution is 0.420. The second kappa shape index (κ2) is 3.29. The predicted octanol–water partition coefficient (Wildman–Crippen LogP) is 1.08. The fourth-order valence-electron chi connectivity index (χ4n) is 1.00. The highest BCUT2D eigenvalue weighted by molar-refractivity contribution is 6.51. The smallest absolute Gasteiger partial charge is 0.423 e. The van der Waals surface area contributed by atoms with E-state index in [9.17, 15) is 0 Å². The van der Waals surface area contributed by atoms with Crippen molar-refractivity contribution in [1.82, 2.24) is 0 Å². The van der Waals surface area contributed by atoms with Gasteiger partial charge in [0.15, 0.2) is 0 Å². The summed E-state index contributed by atoms with van der Waals surface area (Å²) in [7, 11) is -1.38. The molecule has 0 saturated carbocycles.